The number of aromatic nitrogens is 2. The highest BCUT2D eigenvalue weighted by Gasteiger charge is 2.12. The Bertz CT molecular complexity index is 853. The van der Waals surface area contributed by atoms with Crippen LogP contribution in [0.2, 0.25) is 0 Å². The second kappa shape index (κ2) is 5.40. The number of ether oxygens (including phenoxy) is 1. The molecular formula is C17H16N2O2. The van der Waals surface area contributed by atoms with Crippen LogP contribution in [0.4, 0.5) is 0 Å². The summed E-state index contributed by atoms with van der Waals surface area (Å²) in [6.45, 7) is 4.36. The summed E-state index contributed by atoms with van der Waals surface area (Å²) in [7, 11) is 0. The fourth-order valence-corrected chi connectivity index (χ4v) is 2.42. The minimum absolute atomic E-state index is 0.136. The van der Waals surface area contributed by atoms with Gasteiger partial charge in [0.1, 0.15) is 11.4 Å². The molecule has 0 radical (unpaired) electrons. The first-order valence-corrected chi connectivity index (χ1v) is 6.93. The van der Waals surface area contributed by atoms with Crippen molar-refractivity contribution < 1.29 is 4.74 Å². The van der Waals surface area contributed by atoms with Gasteiger partial charge in [0.25, 0.3) is 5.56 Å². The van der Waals surface area contributed by atoms with Crippen molar-refractivity contribution in [3.8, 4) is 11.4 Å². The lowest BCUT2D eigenvalue weighted by atomic mass is 10.1. The zero-order valence-corrected chi connectivity index (χ0v) is 12.0. The highest BCUT2D eigenvalue weighted by Crippen LogP contribution is 2.22. The Morgan fingerprint density at radius 1 is 1.05 bits per heavy atom. The van der Waals surface area contributed by atoms with Crippen LogP contribution in [0.3, 0.4) is 0 Å². The molecule has 0 unspecified atom stereocenters. The van der Waals surface area contributed by atoms with E-state index < -0.39 is 0 Å². The molecule has 0 atom stereocenters. The van der Waals surface area contributed by atoms with Crippen molar-refractivity contribution in [1.82, 2.24) is 9.78 Å². The number of benzene rings is 2. The molecule has 0 saturated carbocycles. The average Bonchev–Trinajstić information content (AvgIpc) is 2.52. The van der Waals surface area contributed by atoms with Crippen molar-refractivity contribution in [1.29, 1.82) is 0 Å². The molecular weight excluding hydrogens is 264 g/mol. The van der Waals surface area contributed by atoms with Crippen molar-refractivity contribution >= 4 is 10.8 Å². The van der Waals surface area contributed by atoms with Crippen molar-refractivity contribution in [2.24, 2.45) is 0 Å². The van der Waals surface area contributed by atoms with E-state index in [9.17, 15) is 4.79 Å². The van der Waals surface area contributed by atoms with Gasteiger partial charge in [0, 0.05) is 5.39 Å². The lowest BCUT2D eigenvalue weighted by Crippen LogP contribution is -2.23. The molecule has 0 spiro atoms. The molecule has 0 N–H and O–H groups in total. The van der Waals surface area contributed by atoms with E-state index in [2.05, 4.69) is 5.10 Å². The zero-order chi connectivity index (χ0) is 14.8. The highest BCUT2D eigenvalue weighted by molar-refractivity contribution is 5.83. The van der Waals surface area contributed by atoms with Crippen molar-refractivity contribution in [3.05, 3.63) is 64.6 Å². The number of aryl methyl sites for hydroxylation is 1. The summed E-state index contributed by atoms with van der Waals surface area (Å²) in [4.78, 5) is 12.7. The third kappa shape index (κ3) is 2.29. The van der Waals surface area contributed by atoms with Gasteiger partial charge in [0.15, 0.2) is 0 Å². The quantitative estimate of drug-likeness (QED) is 0.740. The van der Waals surface area contributed by atoms with Gasteiger partial charge in [0.05, 0.1) is 17.7 Å². The minimum Gasteiger partial charge on any atom is -0.492 e. The number of hydrogen-bond donors (Lipinski definition) is 0. The maximum Gasteiger partial charge on any atom is 0.279 e. The van der Waals surface area contributed by atoms with Gasteiger partial charge in [-0.3, -0.25) is 4.79 Å². The molecule has 0 saturated heterocycles. The maximum absolute atomic E-state index is 12.7. The van der Waals surface area contributed by atoms with Gasteiger partial charge in [0.2, 0.25) is 0 Å². The predicted octanol–water partition coefficient (Wildman–Crippen LogP) is 3.09. The van der Waals surface area contributed by atoms with Crippen LogP contribution >= 0.6 is 0 Å². The molecule has 2 aromatic carbocycles. The normalized spacial score (nSPS) is 10.8. The molecule has 0 aliphatic heterocycles. The van der Waals surface area contributed by atoms with Gasteiger partial charge in [-0.2, -0.15) is 9.78 Å². The van der Waals surface area contributed by atoms with Crippen LogP contribution in [0.1, 0.15) is 12.6 Å². The molecule has 4 heteroatoms. The van der Waals surface area contributed by atoms with Gasteiger partial charge >= 0.3 is 0 Å². The number of rotatable bonds is 3. The van der Waals surface area contributed by atoms with Crippen LogP contribution in [0.5, 0.6) is 5.75 Å². The molecule has 1 aromatic heterocycles. The Morgan fingerprint density at radius 3 is 2.48 bits per heavy atom. The monoisotopic (exact) mass is 280 g/mol. The topological polar surface area (TPSA) is 44.1 Å². The molecule has 0 fully saturated rings. The Labute approximate surface area is 122 Å². The second-order valence-corrected chi connectivity index (χ2v) is 4.75. The largest absolute Gasteiger partial charge is 0.492 e. The SMILES string of the molecule is CCOc1ccccc1-n1nc(C)c2ccccc2c1=O. The Hall–Kier alpha value is -2.62. The molecule has 4 nitrogen and oxygen atoms in total. The summed E-state index contributed by atoms with van der Waals surface area (Å²) in [5.41, 5.74) is 1.35. The summed E-state index contributed by atoms with van der Waals surface area (Å²) in [6, 6.07) is 15.0. The molecule has 0 aliphatic carbocycles. The van der Waals surface area contributed by atoms with Crippen LogP contribution < -0.4 is 10.3 Å². The van der Waals surface area contributed by atoms with E-state index in [-0.39, 0.29) is 5.56 Å². The van der Waals surface area contributed by atoms with Crippen LogP contribution in [-0.2, 0) is 0 Å². The number of fused-ring (bicyclic) bond motifs is 1. The van der Waals surface area contributed by atoms with Crippen LogP contribution in [0, 0.1) is 6.92 Å². The first-order valence-electron chi connectivity index (χ1n) is 6.93. The van der Waals surface area contributed by atoms with Gasteiger partial charge in [-0.05, 0) is 32.0 Å². The summed E-state index contributed by atoms with van der Waals surface area (Å²) < 4.78 is 7.02. The molecule has 3 aromatic rings. The maximum atomic E-state index is 12.7. The van der Waals surface area contributed by atoms with Gasteiger partial charge < -0.3 is 4.74 Å². The van der Waals surface area contributed by atoms with Gasteiger partial charge in [-0.1, -0.05) is 30.3 Å². The van der Waals surface area contributed by atoms with E-state index in [1.54, 1.807) is 0 Å². The summed E-state index contributed by atoms with van der Waals surface area (Å²) in [5.74, 6) is 0.657. The lowest BCUT2D eigenvalue weighted by Gasteiger charge is -2.12. The third-order valence-corrected chi connectivity index (χ3v) is 3.38. The van der Waals surface area contributed by atoms with E-state index in [0.29, 0.717) is 23.4 Å². The molecule has 0 bridgehead atoms. The molecule has 21 heavy (non-hydrogen) atoms. The molecule has 0 aliphatic rings. The summed E-state index contributed by atoms with van der Waals surface area (Å²) in [5, 5.41) is 5.98. The van der Waals surface area contributed by atoms with E-state index >= 15 is 0 Å². The third-order valence-electron chi connectivity index (χ3n) is 3.38. The smallest absolute Gasteiger partial charge is 0.279 e. The zero-order valence-electron chi connectivity index (χ0n) is 12.0. The van der Waals surface area contributed by atoms with E-state index in [0.717, 1.165) is 11.1 Å². The van der Waals surface area contributed by atoms with Crippen molar-refractivity contribution in [2.75, 3.05) is 6.61 Å². The Balaban J connectivity index is 2.32. The predicted molar refractivity (Wildman–Crippen MR) is 83.2 cm³/mol. The van der Waals surface area contributed by atoms with Gasteiger partial charge in [-0.25, -0.2) is 0 Å². The minimum atomic E-state index is -0.136. The first-order chi connectivity index (χ1) is 10.2. The summed E-state index contributed by atoms with van der Waals surface area (Å²) >= 11 is 0. The molecule has 3 rings (SSSR count). The van der Waals surface area contributed by atoms with Crippen LogP contribution in [0.25, 0.3) is 16.5 Å². The fourth-order valence-electron chi connectivity index (χ4n) is 2.42. The van der Waals surface area contributed by atoms with Crippen LogP contribution in [-0.4, -0.2) is 16.4 Å². The highest BCUT2D eigenvalue weighted by atomic mass is 16.5. The lowest BCUT2D eigenvalue weighted by molar-refractivity contribution is 0.338. The van der Waals surface area contributed by atoms with E-state index in [1.807, 2.05) is 62.4 Å². The number of nitrogens with zero attached hydrogens (tertiary/aromatic N) is 2. The average molecular weight is 280 g/mol. The van der Waals surface area contributed by atoms with Crippen molar-refractivity contribution in [3.63, 3.8) is 0 Å². The first kappa shape index (κ1) is 13.4. The van der Waals surface area contributed by atoms with E-state index in [1.165, 1.54) is 4.68 Å². The Morgan fingerprint density at radius 2 is 1.71 bits per heavy atom. The Kier molecular flexibility index (Phi) is 3.44. The molecule has 0 amide bonds. The van der Waals surface area contributed by atoms with Crippen LogP contribution in [0.15, 0.2) is 53.3 Å². The second-order valence-electron chi connectivity index (χ2n) is 4.75. The van der Waals surface area contributed by atoms with E-state index in [4.69, 9.17) is 4.74 Å². The standard InChI is InChI=1S/C17H16N2O2/c1-3-21-16-11-7-6-10-15(16)19-17(20)14-9-5-4-8-13(14)12(2)18-19/h4-11H,3H2,1-2H3. The van der Waals surface area contributed by atoms with Crippen molar-refractivity contribution in [2.45, 2.75) is 13.8 Å². The molecule has 106 valence electrons. The summed E-state index contributed by atoms with van der Waals surface area (Å²) in [6.07, 6.45) is 0. The number of hydrogen-bond acceptors (Lipinski definition) is 3. The van der Waals surface area contributed by atoms with Gasteiger partial charge in [-0.15, -0.1) is 0 Å². The number of para-hydroxylation sites is 2. The fraction of sp³-hybridized carbons (Fsp3) is 0.176. The molecule has 1 heterocycles.